The van der Waals surface area contributed by atoms with Crippen LogP contribution in [-0.4, -0.2) is 38.8 Å². The Bertz CT molecular complexity index is 938. The van der Waals surface area contributed by atoms with Crippen LogP contribution in [0, 0.1) is 0 Å². The zero-order chi connectivity index (χ0) is 19.4. The maximum atomic E-state index is 13.0. The average Bonchev–Trinajstić information content (AvgIpc) is 2.69. The highest BCUT2D eigenvalue weighted by Gasteiger charge is 2.29. The molecule has 3 N–H and O–H groups in total. The fraction of sp³-hybridized carbons (Fsp3) is 0.316. The van der Waals surface area contributed by atoms with Crippen LogP contribution in [0.5, 0.6) is 5.75 Å². The number of nitrogen functional groups attached to an aromatic ring is 1. The minimum absolute atomic E-state index is 0.0470. The van der Waals surface area contributed by atoms with E-state index in [0.717, 1.165) is 19.3 Å². The lowest BCUT2D eigenvalue weighted by atomic mass is 10.1. The van der Waals surface area contributed by atoms with Gasteiger partial charge in [-0.15, -0.1) is 0 Å². The van der Waals surface area contributed by atoms with E-state index in [0.29, 0.717) is 30.0 Å². The standard InChI is InChI=1S/C19H23N3O4S/c1-26-17-10-9-14(21-19(23)15-7-3-4-8-16(15)20)13-18(17)27(24,25)22-11-5-2-6-12-22/h3-4,7-10,13H,2,5-6,11-12,20H2,1H3,(H,21,23). The first-order valence-corrected chi connectivity index (χ1v) is 10.2. The molecule has 2 aromatic carbocycles. The van der Waals surface area contributed by atoms with Crippen molar-refractivity contribution in [2.75, 3.05) is 31.2 Å². The molecule has 1 aliphatic rings. The molecule has 2 aromatic rings. The van der Waals surface area contributed by atoms with Gasteiger partial charge in [-0.1, -0.05) is 18.6 Å². The van der Waals surface area contributed by atoms with Crippen LogP contribution < -0.4 is 15.8 Å². The highest BCUT2D eigenvalue weighted by Crippen LogP contribution is 2.31. The largest absolute Gasteiger partial charge is 0.495 e. The van der Waals surface area contributed by atoms with Crippen molar-refractivity contribution in [3.8, 4) is 5.75 Å². The minimum atomic E-state index is -3.70. The third kappa shape index (κ3) is 4.06. The number of carbonyl (C=O) groups is 1. The van der Waals surface area contributed by atoms with Crippen molar-refractivity contribution < 1.29 is 17.9 Å². The van der Waals surface area contributed by atoms with Crippen LogP contribution in [0.15, 0.2) is 47.4 Å². The highest BCUT2D eigenvalue weighted by molar-refractivity contribution is 7.89. The Morgan fingerprint density at radius 2 is 1.81 bits per heavy atom. The Hall–Kier alpha value is -2.58. The number of amides is 1. The molecule has 0 saturated carbocycles. The molecule has 1 fully saturated rings. The second-order valence-corrected chi connectivity index (χ2v) is 8.28. The van der Waals surface area contributed by atoms with Gasteiger partial charge in [-0.05, 0) is 43.2 Å². The number of rotatable bonds is 5. The molecular formula is C19H23N3O4S. The third-order valence-electron chi connectivity index (χ3n) is 4.56. The van der Waals surface area contributed by atoms with Crippen molar-refractivity contribution in [3.63, 3.8) is 0 Å². The predicted octanol–water partition coefficient (Wildman–Crippen LogP) is 2.70. The molecule has 1 heterocycles. The molecule has 27 heavy (non-hydrogen) atoms. The van der Waals surface area contributed by atoms with Gasteiger partial charge in [0.05, 0.1) is 12.7 Å². The number of carbonyl (C=O) groups excluding carboxylic acids is 1. The zero-order valence-electron chi connectivity index (χ0n) is 15.1. The first kappa shape index (κ1) is 19.2. The summed E-state index contributed by atoms with van der Waals surface area (Å²) in [6.07, 6.45) is 2.70. The van der Waals surface area contributed by atoms with E-state index in [2.05, 4.69) is 5.32 Å². The van der Waals surface area contributed by atoms with Crippen molar-refractivity contribution in [1.29, 1.82) is 0 Å². The number of ether oxygens (including phenoxy) is 1. The second kappa shape index (κ2) is 7.98. The zero-order valence-corrected chi connectivity index (χ0v) is 16.0. The summed E-state index contributed by atoms with van der Waals surface area (Å²) in [4.78, 5) is 12.5. The van der Waals surface area contributed by atoms with E-state index < -0.39 is 15.9 Å². The summed E-state index contributed by atoms with van der Waals surface area (Å²) in [6.45, 7) is 0.977. The summed E-state index contributed by atoms with van der Waals surface area (Å²) in [7, 11) is -2.28. The molecule has 144 valence electrons. The van der Waals surface area contributed by atoms with Crippen LogP contribution in [0.4, 0.5) is 11.4 Å². The van der Waals surface area contributed by atoms with E-state index in [1.54, 1.807) is 36.4 Å². The van der Waals surface area contributed by atoms with Crippen LogP contribution in [-0.2, 0) is 10.0 Å². The number of para-hydroxylation sites is 1. The van der Waals surface area contributed by atoms with E-state index in [-0.39, 0.29) is 10.6 Å². The molecule has 0 spiro atoms. The van der Waals surface area contributed by atoms with Gasteiger partial charge in [0.25, 0.3) is 5.91 Å². The Labute approximate surface area is 159 Å². The minimum Gasteiger partial charge on any atom is -0.495 e. The smallest absolute Gasteiger partial charge is 0.257 e. The predicted molar refractivity (Wildman–Crippen MR) is 104 cm³/mol. The van der Waals surface area contributed by atoms with Gasteiger partial charge in [-0.3, -0.25) is 4.79 Å². The summed E-state index contributed by atoms with van der Waals surface area (Å²) >= 11 is 0. The van der Waals surface area contributed by atoms with Crippen LogP contribution in [0.1, 0.15) is 29.6 Å². The van der Waals surface area contributed by atoms with Gasteiger partial charge in [-0.25, -0.2) is 8.42 Å². The topological polar surface area (TPSA) is 102 Å². The van der Waals surface area contributed by atoms with Crippen molar-refractivity contribution >= 4 is 27.3 Å². The van der Waals surface area contributed by atoms with Gasteiger partial charge in [0.15, 0.2) is 0 Å². The first-order valence-electron chi connectivity index (χ1n) is 8.77. The van der Waals surface area contributed by atoms with E-state index >= 15 is 0 Å². The molecule has 1 saturated heterocycles. The van der Waals surface area contributed by atoms with Crippen LogP contribution in [0.25, 0.3) is 0 Å². The summed E-state index contributed by atoms with van der Waals surface area (Å²) in [5.41, 5.74) is 6.87. The molecule has 0 aromatic heterocycles. The second-order valence-electron chi connectivity index (χ2n) is 6.37. The SMILES string of the molecule is COc1ccc(NC(=O)c2ccccc2N)cc1S(=O)(=O)N1CCCCC1. The number of methoxy groups -OCH3 is 1. The van der Waals surface area contributed by atoms with E-state index in [1.807, 2.05) is 0 Å². The molecule has 1 aliphatic heterocycles. The van der Waals surface area contributed by atoms with Crippen molar-refractivity contribution in [2.24, 2.45) is 0 Å². The molecule has 7 nitrogen and oxygen atoms in total. The number of hydrogen-bond donors (Lipinski definition) is 2. The summed E-state index contributed by atoms with van der Waals surface area (Å²) in [5.74, 6) is -0.155. The number of benzene rings is 2. The maximum absolute atomic E-state index is 13.0. The highest BCUT2D eigenvalue weighted by atomic mass is 32.2. The number of nitrogens with zero attached hydrogens (tertiary/aromatic N) is 1. The van der Waals surface area contributed by atoms with Gasteiger partial charge in [0.2, 0.25) is 10.0 Å². The number of piperidine rings is 1. The van der Waals surface area contributed by atoms with E-state index in [9.17, 15) is 13.2 Å². The molecular weight excluding hydrogens is 366 g/mol. The third-order valence-corrected chi connectivity index (χ3v) is 6.48. The number of anilines is 2. The van der Waals surface area contributed by atoms with Crippen molar-refractivity contribution in [1.82, 2.24) is 4.31 Å². The molecule has 0 bridgehead atoms. The normalized spacial score (nSPS) is 15.3. The lowest BCUT2D eigenvalue weighted by Crippen LogP contribution is -2.35. The van der Waals surface area contributed by atoms with E-state index in [4.69, 9.17) is 10.5 Å². The number of hydrogen-bond acceptors (Lipinski definition) is 5. The molecule has 3 rings (SSSR count). The van der Waals surface area contributed by atoms with Gasteiger partial charge >= 0.3 is 0 Å². The molecule has 0 aliphatic carbocycles. The Morgan fingerprint density at radius 1 is 1.11 bits per heavy atom. The molecule has 1 amide bonds. The lowest BCUT2D eigenvalue weighted by Gasteiger charge is -2.26. The summed E-state index contributed by atoms with van der Waals surface area (Å²) in [5, 5.41) is 2.71. The maximum Gasteiger partial charge on any atom is 0.257 e. The molecule has 0 unspecified atom stereocenters. The Morgan fingerprint density at radius 3 is 2.48 bits per heavy atom. The number of sulfonamides is 1. The monoisotopic (exact) mass is 389 g/mol. The molecule has 0 radical (unpaired) electrons. The van der Waals surface area contributed by atoms with Crippen molar-refractivity contribution in [3.05, 3.63) is 48.0 Å². The Kier molecular flexibility index (Phi) is 5.67. The first-order chi connectivity index (χ1) is 12.9. The quantitative estimate of drug-likeness (QED) is 0.766. The Balaban J connectivity index is 1.92. The van der Waals surface area contributed by atoms with Crippen LogP contribution in [0.2, 0.25) is 0 Å². The van der Waals surface area contributed by atoms with Gasteiger partial charge < -0.3 is 15.8 Å². The lowest BCUT2D eigenvalue weighted by molar-refractivity contribution is 0.102. The fourth-order valence-electron chi connectivity index (χ4n) is 3.10. The number of nitrogens with one attached hydrogen (secondary N) is 1. The average molecular weight is 389 g/mol. The van der Waals surface area contributed by atoms with Gasteiger partial charge in [-0.2, -0.15) is 4.31 Å². The van der Waals surface area contributed by atoms with Gasteiger partial charge in [0.1, 0.15) is 10.6 Å². The molecule has 8 heteroatoms. The van der Waals surface area contributed by atoms with Crippen molar-refractivity contribution in [2.45, 2.75) is 24.2 Å². The number of nitrogens with two attached hydrogens (primary N) is 1. The molecule has 0 atom stereocenters. The summed E-state index contributed by atoms with van der Waals surface area (Å²) in [6, 6.07) is 11.3. The van der Waals surface area contributed by atoms with E-state index in [1.165, 1.54) is 17.5 Å². The van der Waals surface area contributed by atoms with Crippen LogP contribution >= 0.6 is 0 Å². The van der Waals surface area contributed by atoms with Crippen LogP contribution in [0.3, 0.4) is 0 Å². The van der Waals surface area contributed by atoms with Gasteiger partial charge in [0, 0.05) is 24.5 Å². The summed E-state index contributed by atoms with van der Waals surface area (Å²) < 4.78 is 32.8. The fourth-order valence-corrected chi connectivity index (χ4v) is 4.80.